The van der Waals surface area contributed by atoms with Crippen LogP contribution in [0.5, 0.6) is 0 Å². The van der Waals surface area contributed by atoms with Gasteiger partial charge in [0.05, 0.1) is 17.1 Å². The van der Waals surface area contributed by atoms with Crippen LogP contribution in [0.2, 0.25) is 0 Å². The highest BCUT2D eigenvalue weighted by Gasteiger charge is 2.16. The molecule has 162 valence electrons. The molecule has 0 aliphatic rings. The number of thiazole rings is 1. The summed E-state index contributed by atoms with van der Waals surface area (Å²) in [4.78, 5) is 9.05. The zero-order valence-corrected chi connectivity index (χ0v) is 21.4. The van der Waals surface area contributed by atoms with Gasteiger partial charge in [-0.3, -0.25) is 4.99 Å². The SMILES string of the molecule is CN=C(NCCNS(=O)(=O)c1cc(C)ccc1C)NCc1nc(C(C)C)cs1.I. The van der Waals surface area contributed by atoms with E-state index in [1.165, 1.54) is 0 Å². The molecule has 0 radical (unpaired) electrons. The van der Waals surface area contributed by atoms with Crippen molar-refractivity contribution in [2.24, 2.45) is 4.99 Å². The Hall–Kier alpha value is -1.24. The fraction of sp³-hybridized carbons (Fsp3) is 0.474. The lowest BCUT2D eigenvalue weighted by molar-refractivity contribution is 0.580. The van der Waals surface area contributed by atoms with Crippen molar-refractivity contribution in [3.63, 3.8) is 0 Å². The van der Waals surface area contributed by atoms with Gasteiger partial charge in [-0.1, -0.05) is 26.0 Å². The lowest BCUT2D eigenvalue weighted by Gasteiger charge is -2.13. The van der Waals surface area contributed by atoms with Crippen LogP contribution in [0.1, 0.15) is 41.6 Å². The van der Waals surface area contributed by atoms with Crippen LogP contribution in [0.15, 0.2) is 33.5 Å². The number of hydrogen-bond acceptors (Lipinski definition) is 5. The van der Waals surface area contributed by atoms with Gasteiger partial charge in [0.1, 0.15) is 5.01 Å². The van der Waals surface area contributed by atoms with Crippen molar-refractivity contribution in [2.45, 2.75) is 45.1 Å². The Kier molecular flexibility index (Phi) is 10.5. The number of halogens is 1. The number of nitrogens with zero attached hydrogens (tertiary/aromatic N) is 2. The second-order valence-electron chi connectivity index (χ2n) is 6.84. The highest BCUT2D eigenvalue weighted by Crippen LogP contribution is 2.17. The van der Waals surface area contributed by atoms with E-state index in [0.29, 0.717) is 29.9 Å². The van der Waals surface area contributed by atoms with Crippen molar-refractivity contribution in [1.29, 1.82) is 0 Å². The molecule has 1 heterocycles. The summed E-state index contributed by atoms with van der Waals surface area (Å²) in [5, 5.41) is 9.36. The molecule has 0 atom stereocenters. The maximum Gasteiger partial charge on any atom is 0.240 e. The molecule has 3 N–H and O–H groups in total. The van der Waals surface area contributed by atoms with Crippen LogP contribution in [0.4, 0.5) is 0 Å². The summed E-state index contributed by atoms with van der Waals surface area (Å²) < 4.78 is 27.6. The molecule has 7 nitrogen and oxygen atoms in total. The van der Waals surface area contributed by atoms with Gasteiger partial charge in [0.25, 0.3) is 0 Å². The monoisotopic (exact) mass is 551 g/mol. The summed E-state index contributed by atoms with van der Waals surface area (Å²) in [6, 6.07) is 5.40. The first-order valence-corrected chi connectivity index (χ1v) is 11.5. The summed E-state index contributed by atoms with van der Waals surface area (Å²) in [5.74, 6) is 1.01. The highest BCUT2D eigenvalue weighted by atomic mass is 127. The van der Waals surface area contributed by atoms with E-state index in [0.717, 1.165) is 21.8 Å². The Bertz CT molecular complexity index is 926. The Morgan fingerprint density at radius 1 is 1.21 bits per heavy atom. The van der Waals surface area contributed by atoms with Crippen LogP contribution < -0.4 is 15.4 Å². The van der Waals surface area contributed by atoms with E-state index in [-0.39, 0.29) is 30.5 Å². The van der Waals surface area contributed by atoms with E-state index in [4.69, 9.17) is 0 Å². The zero-order chi connectivity index (χ0) is 20.7. The summed E-state index contributed by atoms with van der Waals surface area (Å²) >= 11 is 1.61. The molecular formula is C19H30IN5O2S2. The van der Waals surface area contributed by atoms with E-state index in [1.807, 2.05) is 19.1 Å². The standard InChI is InChI=1S/C19H29N5O2S2.HI/c1-13(2)16-12-27-18(24-16)11-22-19(20-5)21-8-9-23-28(25,26)17-10-14(3)6-7-15(17)4;/h6-7,10,12-13,23H,8-9,11H2,1-5H3,(H2,20,21,22);1H. The molecule has 0 unspecified atom stereocenters. The van der Waals surface area contributed by atoms with E-state index in [1.54, 1.807) is 31.4 Å². The smallest absolute Gasteiger partial charge is 0.240 e. The number of benzene rings is 1. The van der Waals surface area contributed by atoms with Crippen LogP contribution >= 0.6 is 35.3 Å². The molecule has 0 spiro atoms. The van der Waals surface area contributed by atoms with Gasteiger partial charge in [0.15, 0.2) is 5.96 Å². The molecule has 0 bridgehead atoms. The molecule has 0 aliphatic carbocycles. The third-order valence-corrected chi connectivity index (χ3v) is 6.60. The van der Waals surface area contributed by atoms with Gasteiger partial charge in [-0.2, -0.15) is 0 Å². The molecule has 29 heavy (non-hydrogen) atoms. The molecule has 2 rings (SSSR count). The van der Waals surface area contributed by atoms with Crippen LogP contribution in [-0.2, 0) is 16.6 Å². The lowest BCUT2D eigenvalue weighted by Crippen LogP contribution is -2.41. The normalized spacial score (nSPS) is 12.0. The van der Waals surface area contributed by atoms with Crippen molar-refractivity contribution >= 4 is 51.3 Å². The van der Waals surface area contributed by atoms with Gasteiger partial charge in [-0.15, -0.1) is 35.3 Å². The minimum absolute atomic E-state index is 0. The third-order valence-electron chi connectivity index (χ3n) is 4.13. The average Bonchev–Trinajstić information content (AvgIpc) is 3.12. The maximum atomic E-state index is 12.5. The summed E-state index contributed by atoms with van der Waals surface area (Å²) in [6.45, 7) is 9.15. The first-order chi connectivity index (χ1) is 13.2. The first-order valence-electron chi connectivity index (χ1n) is 9.18. The third kappa shape index (κ3) is 7.83. The Balaban J connectivity index is 0.00000420. The van der Waals surface area contributed by atoms with E-state index in [2.05, 4.69) is 44.6 Å². The largest absolute Gasteiger partial charge is 0.355 e. The summed E-state index contributed by atoms with van der Waals surface area (Å²) in [7, 11) is -1.86. The van der Waals surface area contributed by atoms with Gasteiger partial charge in [0.2, 0.25) is 10.0 Å². The van der Waals surface area contributed by atoms with E-state index in [9.17, 15) is 8.42 Å². The van der Waals surface area contributed by atoms with Crippen LogP contribution in [0.25, 0.3) is 0 Å². The number of aromatic nitrogens is 1. The topological polar surface area (TPSA) is 95.5 Å². The van der Waals surface area contributed by atoms with Gasteiger partial charge in [-0.05, 0) is 37.0 Å². The van der Waals surface area contributed by atoms with Crippen LogP contribution in [0.3, 0.4) is 0 Å². The number of aryl methyl sites for hydroxylation is 2. The highest BCUT2D eigenvalue weighted by molar-refractivity contribution is 14.0. The molecule has 1 aromatic carbocycles. The molecule has 0 amide bonds. The second kappa shape index (κ2) is 11.8. The van der Waals surface area contributed by atoms with Gasteiger partial charge in [0, 0.05) is 25.5 Å². The van der Waals surface area contributed by atoms with E-state index >= 15 is 0 Å². The predicted molar refractivity (Wildman–Crippen MR) is 131 cm³/mol. The number of aliphatic imine (C=N–C) groups is 1. The molecule has 2 aromatic rings. The molecular weight excluding hydrogens is 521 g/mol. The van der Waals surface area contributed by atoms with Crippen molar-refractivity contribution in [3.8, 4) is 0 Å². The maximum absolute atomic E-state index is 12.5. The predicted octanol–water partition coefficient (Wildman–Crippen LogP) is 3.14. The van der Waals surface area contributed by atoms with Crippen molar-refractivity contribution in [3.05, 3.63) is 45.4 Å². The minimum Gasteiger partial charge on any atom is -0.355 e. The van der Waals surface area contributed by atoms with Crippen LogP contribution in [-0.4, -0.2) is 39.5 Å². The Labute approximate surface area is 194 Å². The summed E-state index contributed by atoms with van der Waals surface area (Å²) in [6.07, 6.45) is 0. The number of nitrogens with one attached hydrogen (secondary N) is 3. The fourth-order valence-electron chi connectivity index (χ4n) is 2.49. The van der Waals surface area contributed by atoms with Crippen molar-refractivity contribution in [2.75, 3.05) is 20.1 Å². The summed E-state index contributed by atoms with van der Waals surface area (Å²) in [5.41, 5.74) is 2.73. The second-order valence-corrected chi connectivity index (χ2v) is 9.52. The molecule has 1 aromatic heterocycles. The van der Waals surface area contributed by atoms with Gasteiger partial charge < -0.3 is 10.6 Å². The quantitative estimate of drug-likeness (QED) is 0.203. The first kappa shape index (κ1) is 25.8. The minimum atomic E-state index is -3.54. The van der Waals surface area contributed by atoms with Gasteiger partial charge >= 0.3 is 0 Å². The Morgan fingerprint density at radius 3 is 2.55 bits per heavy atom. The van der Waals surface area contributed by atoms with E-state index < -0.39 is 10.0 Å². The van der Waals surface area contributed by atoms with Gasteiger partial charge in [-0.25, -0.2) is 18.1 Å². The number of sulfonamides is 1. The average molecular weight is 552 g/mol. The molecule has 0 saturated heterocycles. The van der Waals surface area contributed by atoms with Crippen molar-refractivity contribution < 1.29 is 8.42 Å². The fourth-order valence-corrected chi connectivity index (χ4v) is 4.75. The molecule has 10 heteroatoms. The zero-order valence-electron chi connectivity index (χ0n) is 17.4. The number of rotatable bonds is 8. The molecule has 0 saturated carbocycles. The molecule has 0 aliphatic heterocycles. The number of hydrogen-bond donors (Lipinski definition) is 3. The van der Waals surface area contributed by atoms with Crippen LogP contribution in [0, 0.1) is 13.8 Å². The lowest BCUT2D eigenvalue weighted by atomic mass is 10.2. The Morgan fingerprint density at radius 2 is 1.93 bits per heavy atom. The number of guanidine groups is 1. The molecule has 0 fully saturated rings. The van der Waals surface area contributed by atoms with Crippen molar-refractivity contribution in [1.82, 2.24) is 20.3 Å².